The zero-order valence-electron chi connectivity index (χ0n) is 4.27. The minimum absolute atomic E-state index is 0. The topological polar surface area (TPSA) is 41.5 Å². The van der Waals surface area contributed by atoms with E-state index in [1.54, 1.807) is 0 Å². The molecule has 0 aromatic carbocycles. The van der Waals surface area contributed by atoms with E-state index in [2.05, 4.69) is 9.37 Å². The molecule has 9 heavy (non-hydrogen) atoms. The molecule has 0 amide bonds. The summed E-state index contributed by atoms with van der Waals surface area (Å²) in [6, 6.07) is 0. The number of hydrogen-bond acceptors (Lipinski definition) is 4. The first-order chi connectivity index (χ1) is 3.56. The van der Waals surface area contributed by atoms with Crippen LogP contribution in [-0.4, -0.2) is 5.51 Å². The van der Waals surface area contributed by atoms with Crippen LogP contribution in [0, 0.1) is 0 Å². The van der Waals surface area contributed by atoms with E-state index in [4.69, 9.17) is 5.26 Å². The van der Waals surface area contributed by atoms with Crippen molar-refractivity contribution >= 4 is 12.0 Å². The fourth-order valence-corrected chi connectivity index (χ4v) is 0.157. The quantitative estimate of drug-likeness (QED) is 0.206. The molecule has 0 heterocycles. The fraction of sp³-hybridized carbons (Fsp3) is 1.00. The number of hydrogen-bond donors (Lipinski definition) is 0. The van der Waals surface area contributed by atoms with Crippen molar-refractivity contribution in [2.75, 3.05) is 0 Å². The summed E-state index contributed by atoms with van der Waals surface area (Å²) >= 11 is -1.00. The zero-order chi connectivity index (χ0) is 6.62. The van der Waals surface area contributed by atoms with Crippen LogP contribution in [0.3, 0.4) is 0 Å². The van der Waals surface area contributed by atoms with Crippen LogP contribution in [0.25, 0.3) is 0 Å². The van der Waals surface area contributed by atoms with E-state index in [1.165, 1.54) is 0 Å². The van der Waals surface area contributed by atoms with Crippen molar-refractivity contribution in [3.63, 3.8) is 0 Å². The van der Waals surface area contributed by atoms with Gasteiger partial charge in [0, 0.05) is 0 Å². The van der Waals surface area contributed by atoms with Gasteiger partial charge in [0.1, 0.15) is 12.0 Å². The first-order valence-corrected chi connectivity index (χ1v) is 2.01. The Morgan fingerprint density at radius 3 is 1.89 bits per heavy atom. The molecule has 0 aromatic rings. The Labute approximate surface area is 95.4 Å². The Hall–Kier alpha value is 1.66. The Morgan fingerprint density at radius 2 is 1.78 bits per heavy atom. The molecule has 0 unspecified atom stereocenters. The van der Waals surface area contributed by atoms with Gasteiger partial charge < -0.3 is 5.26 Å². The summed E-state index contributed by atoms with van der Waals surface area (Å²) in [6.07, 6.45) is 0. The van der Waals surface area contributed by atoms with Crippen molar-refractivity contribution in [2.24, 2.45) is 0 Å². The van der Waals surface area contributed by atoms with Crippen LogP contribution in [-0.2, 0) is 9.37 Å². The maximum absolute atomic E-state index is 10.9. The third-order valence-electron chi connectivity index (χ3n) is 0.156. The van der Waals surface area contributed by atoms with Crippen molar-refractivity contribution in [1.29, 1.82) is 0 Å². The summed E-state index contributed by atoms with van der Waals surface area (Å²) in [4.78, 5) is 0. The van der Waals surface area contributed by atoms with Crippen molar-refractivity contribution in [3.8, 4) is 0 Å². The molecule has 8 heteroatoms. The summed E-state index contributed by atoms with van der Waals surface area (Å²) in [5.74, 6) is 0. The second-order valence-corrected chi connectivity index (χ2v) is 1.43. The monoisotopic (exact) mass is 188 g/mol. The van der Waals surface area contributed by atoms with Crippen molar-refractivity contribution in [3.05, 3.63) is 0 Å². The Morgan fingerprint density at radius 1 is 1.33 bits per heavy atom. The molecule has 0 bridgehead atoms. The van der Waals surface area contributed by atoms with Gasteiger partial charge in [-0.05, 0) is 0 Å². The summed E-state index contributed by atoms with van der Waals surface area (Å²) in [5, 5.41) is 11.1. The van der Waals surface area contributed by atoms with E-state index in [1.807, 2.05) is 0 Å². The molecule has 0 spiro atoms. The summed E-state index contributed by atoms with van der Waals surface area (Å²) < 4.78 is 35.5. The molecule has 0 atom stereocenters. The minimum Gasteiger partial charge on any atom is -0.691 e. The van der Waals surface area contributed by atoms with Crippen molar-refractivity contribution < 1.29 is 79.2 Å². The van der Waals surface area contributed by atoms with Gasteiger partial charge in [-0.15, -0.1) is 0 Å². The molecular weight excluding hydrogens is 188 g/mol. The first kappa shape index (κ1) is 13.3. The Balaban J connectivity index is 0. The molecule has 0 saturated heterocycles. The van der Waals surface area contributed by atoms with Gasteiger partial charge in [0.05, 0.1) is 0 Å². The molecule has 0 aliphatic rings. The van der Waals surface area contributed by atoms with E-state index in [-0.39, 0.29) is 51.4 Å². The third kappa shape index (κ3) is 12.8. The predicted molar refractivity (Wildman–Crippen MR) is 15.8 cm³/mol. The molecule has 0 saturated carbocycles. The van der Waals surface area contributed by atoms with Gasteiger partial charge in [-0.2, -0.15) is 17.5 Å². The zero-order valence-corrected chi connectivity index (χ0v) is 8.21. The average molecular weight is 188 g/mol. The van der Waals surface area contributed by atoms with Crippen molar-refractivity contribution in [1.82, 2.24) is 0 Å². The van der Waals surface area contributed by atoms with Crippen LogP contribution in [0.15, 0.2) is 0 Å². The van der Waals surface area contributed by atoms with E-state index in [0.717, 1.165) is 0 Å². The second-order valence-electron chi connectivity index (χ2n) is 0.665. The van der Waals surface area contributed by atoms with Crippen LogP contribution in [0.5, 0.6) is 0 Å². The molecular formula is CF3KO3S. The van der Waals surface area contributed by atoms with Crippen LogP contribution in [0.1, 0.15) is 0 Å². The maximum atomic E-state index is 10.9. The number of halogens is 3. The summed E-state index contributed by atoms with van der Waals surface area (Å²) in [7, 11) is 0. The molecule has 3 nitrogen and oxygen atoms in total. The smallest absolute Gasteiger partial charge is 0.691 e. The minimum atomic E-state index is -4.58. The SMILES string of the molecule is [K+].[O-]OOSC(F)(F)F. The molecule has 0 aliphatic heterocycles. The third-order valence-corrected chi connectivity index (χ3v) is 0.469. The fourth-order valence-electron chi connectivity index (χ4n) is 0.0525. The van der Waals surface area contributed by atoms with Crippen LogP contribution in [0.2, 0.25) is 0 Å². The molecule has 0 radical (unpaired) electrons. The van der Waals surface area contributed by atoms with Gasteiger partial charge in [-0.25, -0.2) is 0 Å². The first-order valence-electron chi connectivity index (χ1n) is 1.27. The van der Waals surface area contributed by atoms with Crippen molar-refractivity contribution in [2.45, 2.75) is 5.51 Å². The Bertz CT molecular complexity index is 66.6. The molecule has 50 valence electrons. The Kier molecular flexibility index (Phi) is 9.39. The van der Waals surface area contributed by atoms with Gasteiger partial charge in [0.2, 0.25) is 0 Å². The number of rotatable bonds is 2. The van der Waals surface area contributed by atoms with Gasteiger partial charge in [-0.3, -0.25) is 5.04 Å². The van der Waals surface area contributed by atoms with E-state index >= 15 is 0 Å². The molecule has 0 N–H and O–H groups in total. The van der Waals surface area contributed by atoms with Gasteiger partial charge in [-0.1, -0.05) is 0 Å². The second kappa shape index (κ2) is 6.37. The average Bonchev–Trinajstić information content (AvgIpc) is 1.59. The molecule has 0 fully saturated rings. The molecule has 0 aliphatic carbocycles. The van der Waals surface area contributed by atoms with Crippen LogP contribution in [0.4, 0.5) is 13.2 Å². The van der Waals surface area contributed by atoms with Gasteiger partial charge in [0.15, 0.2) is 0 Å². The van der Waals surface area contributed by atoms with E-state index < -0.39 is 17.6 Å². The largest absolute Gasteiger partial charge is 1.00 e. The molecule has 0 aromatic heterocycles. The van der Waals surface area contributed by atoms with Gasteiger partial charge >= 0.3 is 56.9 Å². The molecule has 0 rings (SSSR count). The van der Waals surface area contributed by atoms with E-state index in [0.29, 0.717) is 0 Å². The summed E-state index contributed by atoms with van der Waals surface area (Å²) in [5.41, 5.74) is -4.58. The van der Waals surface area contributed by atoms with E-state index in [9.17, 15) is 13.2 Å². The number of alkyl halides is 3. The van der Waals surface area contributed by atoms with Crippen LogP contribution >= 0.6 is 12.0 Å². The summed E-state index contributed by atoms with van der Waals surface area (Å²) in [6.45, 7) is 0. The normalized spacial score (nSPS) is 10.7. The maximum Gasteiger partial charge on any atom is 1.00 e. The standard InChI is InChI=1S/CHF3O3S.K/c2-1(3,4)8-7-6-5;/h5H;/q;+1/p-1. The van der Waals surface area contributed by atoms with Gasteiger partial charge in [0.25, 0.3) is 0 Å². The predicted octanol–water partition coefficient (Wildman–Crippen LogP) is -2.62. The van der Waals surface area contributed by atoms with Crippen LogP contribution < -0.4 is 56.6 Å².